The van der Waals surface area contributed by atoms with Crippen LogP contribution < -0.4 is 19.5 Å². The number of ether oxygens (including phenoxy) is 3. The highest BCUT2D eigenvalue weighted by Gasteiger charge is 2.15. The molecule has 168 valence electrons. The fourth-order valence-corrected chi connectivity index (χ4v) is 3.65. The summed E-state index contributed by atoms with van der Waals surface area (Å²) in [6, 6.07) is 18.4. The van der Waals surface area contributed by atoms with Crippen molar-refractivity contribution in [2.75, 3.05) is 12.1 Å². The third-order valence-electron chi connectivity index (χ3n) is 5.23. The summed E-state index contributed by atoms with van der Waals surface area (Å²) in [5.74, 6) is 2.39. The van der Waals surface area contributed by atoms with Crippen LogP contribution in [0.5, 0.6) is 17.2 Å². The molecule has 0 unspecified atom stereocenters. The predicted molar refractivity (Wildman–Crippen MR) is 121 cm³/mol. The van der Waals surface area contributed by atoms with Gasteiger partial charge in [0.15, 0.2) is 17.3 Å². The highest BCUT2D eigenvalue weighted by atomic mass is 16.7. The van der Waals surface area contributed by atoms with Crippen LogP contribution in [0.3, 0.4) is 0 Å². The maximum absolute atomic E-state index is 12.7. The van der Waals surface area contributed by atoms with Crippen molar-refractivity contribution in [1.29, 1.82) is 0 Å². The summed E-state index contributed by atoms with van der Waals surface area (Å²) in [4.78, 5) is 12.7. The molecule has 0 saturated heterocycles. The van der Waals surface area contributed by atoms with Gasteiger partial charge in [0.1, 0.15) is 18.1 Å². The Bertz CT molecular complexity index is 1310. The molecular weight excluding hydrogens is 422 g/mol. The van der Waals surface area contributed by atoms with Gasteiger partial charge in [-0.15, -0.1) is 0 Å². The van der Waals surface area contributed by atoms with E-state index in [0.29, 0.717) is 35.2 Å². The molecule has 2 aromatic heterocycles. The topological polar surface area (TPSA) is 87.8 Å². The molecule has 0 aliphatic carbocycles. The first-order valence-corrected chi connectivity index (χ1v) is 10.6. The molecule has 2 aromatic carbocycles. The molecule has 8 heteroatoms. The molecule has 3 heterocycles. The second kappa shape index (κ2) is 8.74. The van der Waals surface area contributed by atoms with Crippen molar-refractivity contribution < 1.29 is 23.4 Å². The van der Waals surface area contributed by atoms with Crippen LogP contribution in [0.2, 0.25) is 0 Å². The third kappa shape index (κ3) is 4.69. The molecule has 1 amide bonds. The summed E-state index contributed by atoms with van der Waals surface area (Å²) in [5.41, 5.74) is 3.80. The van der Waals surface area contributed by atoms with Crippen molar-refractivity contribution in [1.82, 2.24) is 9.78 Å². The number of carbonyl (C=O) groups is 1. The quantitative estimate of drug-likeness (QED) is 0.444. The Labute approximate surface area is 190 Å². The molecule has 0 bridgehead atoms. The van der Waals surface area contributed by atoms with Gasteiger partial charge < -0.3 is 23.9 Å². The molecule has 0 spiro atoms. The number of nitrogens with zero attached hydrogens (tertiary/aromatic N) is 2. The predicted octanol–water partition coefficient (Wildman–Crippen LogP) is 4.70. The molecule has 1 N–H and O–H groups in total. The number of hydrogen-bond acceptors (Lipinski definition) is 6. The van der Waals surface area contributed by atoms with Gasteiger partial charge in [0, 0.05) is 17.4 Å². The second-order valence-electron chi connectivity index (χ2n) is 7.81. The van der Waals surface area contributed by atoms with Crippen molar-refractivity contribution in [3.8, 4) is 17.2 Å². The lowest BCUT2D eigenvalue weighted by Gasteiger charge is -2.08. The number of aryl methyl sites for hydroxylation is 2. The van der Waals surface area contributed by atoms with E-state index >= 15 is 0 Å². The smallest absolute Gasteiger partial charge is 0.291 e. The van der Waals surface area contributed by atoms with Crippen LogP contribution in [0.4, 0.5) is 5.69 Å². The van der Waals surface area contributed by atoms with Gasteiger partial charge in [0.25, 0.3) is 5.91 Å². The number of carbonyl (C=O) groups excluding carboxylic acids is 1. The Morgan fingerprint density at radius 1 is 1.06 bits per heavy atom. The maximum atomic E-state index is 12.7. The van der Waals surface area contributed by atoms with E-state index in [1.165, 1.54) is 0 Å². The second-order valence-corrected chi connectivity index (χ2v) is 7.81. The van der Waals surface area contributed by atoms with Crippen molar-refractivity contribution in [3.63, 3.8) is 0 Å². The minimum absolute atomic E-state index is 0.186. The van der Waals surface area contributed by atoms with Crippen molar-refractivity contribution in [3.05, 3.63) is 89.1 Å². The summed E-state index contributed by atoms with van der Waals surface area (Å²) in [5, 5.41) is 7.38. The lowest BCUT2D eigenvalue weighted by Crippen LogP contribution is -2.11. The number of anilines is 1. The molecule has 33 heavy (non-hydrogen) atoms. The number of amides is 1. The molecule has 5 rings (SSSR count). The van der Waals surface area contributed by atoms with E-state index in [-0.39, 0.29) is 25.1 Å². The average molecular weight is 445 g/mol. The Morgan fingerprint density at radius 3 is 2.79 bits per heavy atom. The fraction of sp³-hybridized carbons (Fsp3) is 0.200. The van der Waals surface area contributed by atoms with Gasteiger partial charge in [0.05, 0.1) is 12.2 Å². The monoisotopic (exact) mass is 445 g/mol. The number of furan rings is 1. The molecule has 1 aliphatic rings. The Balaban J connectivity index is 1.20. The Hall–Kier alpha value is -4.20. The first kappa shape index (κ1) is 20.7. The Kier molecular flexibility index (Phi) is 5.48. The molecule has 0 radical (unpaired) electrons. The third-order valence-corrected chi connectivity index (χ3v) is 5.23. The van der Waals surface area contributed by atoms with Crippen molar-refractivity contribution in [2.24, 2.45) is 0 Å². The van der Waals surface area contributed by atoms with Gasteiger partial charge in [-0.1, -0.05) is 12.1 Å². The summed E-state index contributed by atoms with van der Waals surface area (Å²) in [6.45, 7) is 5.02. The number of hydrogen-bond donors (Lipinski definition) is 1. The van der Waals surface area contributed by atoms with Gasteiger partial charge in [-0.3, -0.25) is 9.48 Å². The van der Waals surface area contributed by atoms with Crippen LogP contribution in [0.15, 0.2) is 65.1 Å². The Morgan fingerprint density at radius 2 is 1.94 bits per heavy atom. The van der Waals surface area contributed by atoms with E-state index in [0.717, 1.165) is 17.0 Å². The van der Waals surface area contributed by atoms with E-state index in [1.807, 2.05) is 48.9 Å². The zero-order valence-corrected chi connectivity index (χ0v) is 18.3. The molecule has 1 aliphatic heterocycles. The first-order valence-electron chi connectivity index (χ1n) is 10.6. The molecule has 8 nitrogen and oxygen atoms in total. The fourth-order valence-electron chi connectivity index (χ4n) is 3.65. The SMILES string of the molecule is Cc1cc(C)n(Cc2cccc(NC(=O)c3ccc(COc4ccc5c(c4)OCO5)o3)c2)n1. The van der Waals surface area contributed by atoms with Crippen LogP contribution in [-0.2, 0) is 13.2 Å². The van der Waals surface area contributed by atoms with Gasteiger partial charge in [-0.2, -0.15) is 5.10 Å². The standard InChI is InChI=1S/C25H23N3O5/c1-16-10-17(2)28(27-16)13-18-4-3-5-19(11-18)26-25(29)23-9-7-21(33-23)14-30-20-6-8-22-24(12-20)32-15-31-22/h3-12H,13-15H2,1-2H3,(H,26,29). The molecule has 0 saturated carbocycles. The summed E-state index contributed by atoms with van der Waals surface area (Å²) < 4.78 is 24.0. The van der Waals surface area contributed by atoms with Crippen LogP contribution in [-0.4, -0.2) is 22.5 Å². The number of aromatic nitrogens is 2. The minimum Gasteiger partial charge on any atom is -0.486 e. The van der Waals surface area contributed by atoms with Crippen molar-refractivity contribution >= 4 is 11.6 Å². The van der Waals surface area contributed by atoms with Gasteiger partial charge >= 0.3 is 0 Å². The van der Waals surface area contributed by atoms with Crippen LogP contribution >= 0.6 is 0 Å². The van der Waals surface area contributed by atoms with E-state index in [4.69, 9.17) is 18.6 Å². The van der Waals surface area contributed by atoms with E-state index in [9.17, 15) is 4.79 Å². The van der Waals surface area contributed by atoms with Gasteiger partial charge in [0.2, 0.25) is 6.79 Å². The molecule has 0 atom stereocenters. The van der Waals surface area contributed by atoms with E-state index in [1.54, 1.807) is 30.3 Å². The molecule has 0 fully saturated rings. The van der Waals surface area contributed by atoms with Crippen molar-refractivity contribution in [2.45, 2.75) is 27.0 Å². The highest BCUT2D eigenvalue weighted by molar-refractivity contribution is 6.02. The number of fused-ring (bicyclic) bond motifs is 1. The lowest BCUT2D eigenvalue weighted by molar-refractivity contribution is 0.0992. The lowest BCUT2D eigenvalue weighted by atomic mass is 10.2. The van der Waals surface area contributed by atoms with E-state index < -0.39 is 0 Å². The summed E-state index contributed by atoms with van der Waals surface area (Å²) >= 11 is 0. The van der Waals surface area contributed by atoms with Crippen LogP contribution in [0.25, 0.3) is 0 Å². The molecule has 4 aromatic rings. The average Bonchev–Trinajstić information content (AvgIpc) is 3.52. The molecular formula is C25H23N3O5. The maximum Gasteiger partial charge on any atom is 0.291 e. The zero-order valence-electron chi connectivity index (χ0n) is 18.3. The largest absolute Gasteiger partial charge is 0.486 e. The number of nitrogens with one attached hydrogen (secondary N) is 1. The summed E-state index contributed by atoms with van der Waals surface area (Å²) in [7, 11) is 0. The number of benzene rings is 2. The first-order chi connectivity index (χ1) is 16.0. The highest BCUT2D eigenvalue weighted by Crippen LogP contribution is 2.35. The zero-order chi connectivity index (χ0) is 22.8. The van der Waals surface area contributed by atoms with Gasteiger partial charge in [-0.25, -0.2) is 0 Å². The minimum atomic E-state index is -0.326. The van der Waals surface area contributed by atoms with E-state index in [2.05, 4.69) is 10.4 Å². The number of rotatable bonds is 7. The summed E-state index contributed by atoms with van der Waals surface area (Å²) in [6.07, 6.45) is 0. The van der Waals surface area contributed by atoms with Crippen LogP contribution in [0, 0.1) is 13.8 Å². The van der Waals surface area contributed by atoms with Crippen LogP contribution in [0.1, 0.15) is 33.3 Å². The van der Waals surface area contributed by atoms with Gasteiger partial charge in [-0.05, 0) is 61.9 Å². The normalized spacial score (nSPS) is 12.1.